The number of halogens is 1. The van der Waals surface area contributed by atoms with Crippen LogP contribution in [0.2, 0.25) is 0 Å². The quantitative estimate of drug-likeness (QED) is 0.791. The van der Waals surface area contributed by atoms with Crippen LogP contribution in [0, 0.1) is 5.82 Å². The predicted octanol–water partition coefficient (Wildman–Crippen LogP) is 4.00. The van der Waals surface area contributed by atoms with Crippen molar-refractivity contribution in [1.82, 2.24) is 5.32 Å². The van der Waals surface area contributed by atoms with Gasteiger partial charge in [0.1, 0.15) is 5.82 Å². The summed E-state index contributed by atoms with van der Waals surface area (Å²) in [4.78, 5) is 13.2. The summed E-state index contributed by atoms with van der Waals surface area (Å²) in [6.07, 6.45) is 1.45. The zero-order chi connectivity index (χ0) is 14.7. The lowest BCUT2D eigenvalue weighted by atomic mass is 10.1. The summed E-state index contributed by atoms with van der Waals surface area (Å²) >= 11 is 1.53. The first-order valence-corrected chi connectivity index (χ1v) is 7.25. The fourth-order valence-electron chi connectivity index (χ4n) is 2.04. The molecule has 1 atom stereocenters. The number of furan rings is 1. The topological polar surface area (TPSA) is 42.2 Å². The Morgan fingerprint density at radius 3 is 2.57 bits per heavy atom. The van der Waals surface area contributed by atoms with Crippen LogP contribution in [0.25, 0.3) is 0 Å². The molecule has 1 N–H and O–H groups in total. The first-order chi connectivity index (χ1) is 10.2. The molecule has 3 nitrogen and oxygen atoms in total. The van der Waals surface area contributed by atoms with E-state index in [4.69, 9.17) is 4.42 Å². The van der Waals surface area contributed by atoms with Gasteiger partial charge in [0.15, 0.2) is 5.76 Å². The van der Waals surface area contributed by atoms with Gasteiger partial charge < -0.3 is 9.73 Å². The molecule has 0 aliphatic heterocycles. The van der Waals surface area contributed by atoms with E-state index in [-0.39, 0.29) is 23.5 Å². The first kappa shape index (κ1) is 13.6. The van der Waals surface area contributed by atoms with E-state index >= 15 is 0 Å². The summed E-state index contributed by atoms with van der Waals surface area (Å²) in [7, 11) is 0. The minimum atomic E-state index is -0.330. The second-order valence-electron chi connectivity index (χ2n) is 4.45. The summed E-state index contributed by atoms with van der Waals surface area (Å²) in [5, 5.41) is 4.85. The summed E-state index contributed by atoms with van der Waals surface area (Å²) in [5.41, 5.74) is 0.818. The van der Waals surface area contributed by atoms with Gasteiger partial charge in [0.05, 0.1) is 12.3 Å². The molecule has 5 heteroatoms. The number of thiophene rings is 1. The second-order valence-corrected chi connectivity index (χ2v) is 5.43. The Bertz CT molecular complexity index is 705. The Balaban J connectivity index is 1.90. The van der Waals surface area contributed by atoms with Gasteiger partial charge in [-0.3, -0.25) is 4.79 Å². The Labute approximate surface area is 125 Å². The Morgan fingerprint density at radius 2 is 1.95 bits per heavy atom. The number of carbonyl (C=O) groups is 1. The second kappa shape index (κ2) is 5.93. The smallest absolute Gasteiger partial charge is 0.287 e. The highest BCUT2D eigenvalue weighted by Gasteiger charge is 2.20. The molecule has 1 amide bonds. The molecular formula is C16H12FNO2S. The highest BCUT2D eigenvalue weighted by Crippen LogP contribution is 2.26. The van der Waals surface area contributed by atoms with Gasteiger partial charge in [0.25, 0.3) is 5.91 Å². The molecule has 2 heterocycles. The maximum Gasteiger partial charge on any atom is 0.287 e. The average Bonchev–Trinajstić information content (AvgIpc) is 3.19. The maximum atomic E-state index is 13.1. The zero-order valence-electron chi connectivity index (χ0n) is 11.0. The molecule has 106 valence electrons. The largest absolute Gasteiger partial charge is 0.459 e. The van der Waals surface area contributed by atoms with Crippen LogP contribution in [0.4, 0.5) is 4.39 Å². The van der Waals surface area contributed by atoms with Crippen LogP contribution in [0.5, 0.6) is 0 Å². The molecule has 0 unspecified atom stereocenters. The van der Waals surface area contributed by atoms with E-state index in [9.17, 15) is 9.18 Å². The molecule has 0 aliphatic rings. The lowest BCUT2D eigenvalue weighted by Gasteiger charge is -2.17. The molecular weight excluding hydrogens is 289 g/mol. The van der Waals surface area contributed by atoms with Crippen molar-refractivity contribution in [3.63, 3.8) is 0 Å². The van der Waals surface area contributed by atoms with Crippen LogP contribution >= 0.6 is 11.3 Å². The Morgan fingerprint density at radius 1 is 1.14 bits per heavy atom. The number of rotatable bonds is 4. The van der Waals surface area contributed by atoms with Gasteiger partial charge in [-0.1, -0.05) is 18.2 Å². The molecule has 0 aliphatic carbocycles. The van der Waals surface area contributed by atoms with Crippen molar-refractivity contribution in [3.8, 4) is 0 Å². The Kier molecular flexibility index (Phi) is 3.83. The summed E-state index contributed by atoms with van der Waals surface area (Å²) in [6, 6.07) is 12.9. The van der Waals surface area contributed by atoms with Crippen molar-refractivity contribution in [3.05, 3.63) is 82.2 Å². The predicted molar refractivity (Wildman–Crippen MR) is 78.7 cm³/mol. The Hall–Kier alpha value is -2.40. The standard InChI is InChI=1S/C16H12FNO2S/c17-12-7-5-11(6-8-12)15(14-4-2-10-21-14)18-16(19)13-3-1-9-20-13/h1-10,15H,(H,18,19)/t15-/m1/s1. The van der Waals surface area contributed by atoms with Crippen LogP contribution in [-0.4, -0.2) is 5.91 Å². The average molecular weight is 301 g/mol. The minimum Gasteiger partial charge on any atom is -0.459 e. The fourth-order valence-corrected chi connectivity index (χ4v) is 2.84. The van der Waals surface area contributed by atoms with Gasteiger partial charge in [-0.15, -0.1) is 11.3 Å². The highest BCUT2D eigenvalue weighted by molar-refractivity contribution is 7.10. The number of benzene rings is 1. The maximum absolute atomic E-state index is 13.1. The molecule has 3 aromatic rings. The van der Waals surface area contributed by atoms with Crippen molar-refractivity contribution < 1.29 is 13.6 Å². The van der Waals surface area contributed by atoms with E-state index in [1.807, 2.05) is 17.5 Å². The number of hydrogen-bond acceptors (Lipinski definition) is 3. The van der Waals surface area contributed by atoms with E-state index in [1.54, 1.807) is 24.3 Å². The molecule has 0 bridgehead atoms. The van der Waals surface area contributed by atoms with Crippen LogP contribution in [0.3, 0.4) is 0 Å². The monoisotopic (exact) mass is 301 g/mol. The molecule has 3 rings (SSSR count). The van der Waals surface area contributed by atoms with Gasteiger partial charge in [-0.05, 0) is 41.3 Å². The first-order valence-electron chi connectivity index (χ1n) is 6.37. The lowest BCUT2D eigenvalue weighted by Crippen LogP contribution is -2.28. The van der Waals surface area contributed by atoms with Crippen molar-refractivity contribution in [1.29, 1.82) is 0 Å². The van der Waals surface area contributed by atoms with Crippen molar-refractivity contribution in [2.75, 3.05) is 0 Å². The summed E-state index contributed by atoms with van der Waals surface area (Å²) in [6.45, 7) is 0. The van der Waals surface area contributed by atoms with E-state index in [2.05, 4.69) is 5.32 Å². The molecule has 2 aromatic heterocycles. The van der Waals surface area contributed by atoms with Gasteiger partial charge in [0.2, 0.25) is 0 Å². The van der Waals surface area contributed by atoms with Crippen LogP contribution in [0.1, 0.15) is 27.0 Å². The van der Waals surface area contributed by atoms with Gasteiger partial charge >= 0.3 is 0 Å². The van der Waals surface area contributed by atoms with Crippen molar-refractivity contribution >= 4 is 17.2 Å². The molecule has 0 radical (unpaired) electrons. The van der Waals surface area contributed by atoms with Crippen LogP contribution in [-0.2, 0) is 0 Å². The highest BCUT2D eigenvalue weighted by atomic mass is 32.1. The van der Waals surface area contributed by atoms with Gasteiger partial charge in [-0.2, -0.15) is 0 Å². The lowest BCUT2D eigenvalue weighted by molar-refractivity contribution is 0.0915. The number of carbonyl (C=O) groups excluding carboxylic acids is 1. The third-order valence-corrected chi connectivity index (χ3v) is 3.99. The molecule has 1 aromatic carbocycles. The van der Waals surface area contributed by atoms with Crippen molar-refractivity contribution in [2.45, 2.75) is 6.04 Å². The molecule has 0 fully saturated rings. The van der Waals surface area contributed by atoms with E-state index < -0.39 is 0 Å². The van der Waals surface area contributed by atoms with E-state index in [0.717, 1.165) is 10.4 Å². The molecule has 0 saturated carbocycles. The van der Waals surface area contributed by atoms with Crippen LogP contribution < -0.4 is 5.32 Å². The number of amides is 1. The van der Waals surface area contributed by atoms with Crippen LogP contribution in [0.15, 0.2) is 64.6 Å². The third kappa shape index (κ3) is 3.03. The summed E-state index contributed by atoms with van der Waals surface area (Å²) in [5.74, 6) is -0.359. The normalized spacial score (nSPS) is 12.0. The molecule has 21 heavy (non-hydrogen) atoms. The summed E-state index contributed by atoms with van der Waals surface area (Å²) < 4.78 is 18.2. The number of hydrogen-bond donors (Lipinski definition) is 1. The van der Waals surface area contributed by atoms with Gasteiger partial charge in [-0.25, -0.2) is 4.39 Å². The van der Waals surface area contributed by atoms with Crippen molar-refractivity contribution in [2.24, 2.45) is 0 Å². The fraction of sp³-hybridized carbons (Fsp3) is 0.0625. The SMILES string of the molecule is O=C(N[C@H](c1ccc(F)cc1)c1cccs1)c1ccco1. The third-order valence-electron chi connectivity index (χ3n) is 3.05. The number of nitrogens with one attached hydrogen (secondary N) is 1. The molecule has 0 spiro atoms. The van der Waals surface area contributed by atoms with E-state index in [0.29, 0.717) is 0 Å². The molecule has 0 saturated heterocycles. The van der Waals surface area contributed by atoms with Gasteiger partial charge in [0, 0.05) is 4.88 Å². The van der Waals surface area contributed by atoms with E-state index in [1.165, 1.54) is 29.7 Å². The minimum absolute atomic E-state index is 0.249. The zero-order valence-corrected chi connectivity index (χ0v) is 11.8.